The van der Waals surface area contributed by atoms with Crippen molar-refractivity contribution >= 4 is 12.0 Å². The van der Waals surface area contributed by atoms with Crippen molar-refractivity contribution in [2.24, 2.45) is 0 Å². The Morgan fingerprint density at radius 3 is 2.45 bits per heavy atom. The van der Waals surface area contributed by atoms with E-state index in [1.165, 1.54) is 19.3 Å². The van der Waals surface area contributed by atoms with Crippen molar-refractivity contribution in [3.05, 3.63) is 66.4 Å². The zero-order chi connectivity index (χ0) is 23.2. The number of amides is 1. The molecule has 0 atom stereocenters. The van der Waals surface area contributed by atoms with Crippen molar-refractivity contribution < 1.29 is 14.3 Å². The average Bonchev–Trinajstić information content (AvgIpc) is 3.31. The lowest BCUT2D eigenvalue weighted by Gasteiger charge is -2.30. The first-order chi connectivity index (χ1) is 16.1. The first-order valence-corrected chi connectivity index (χ1v) is 11.4. The zero-order valence-corrected chi connectivity index (χ0v) is 19.5. The number of carbonyl (C=O) groups is 1. The van der Waals surface area contributed by atoms with Crippen LogP contribution < -0.4 is 9.47 Å². The molecule has 1 aliphatic carbocycles. The number of rotatable bonds is 7. The van der Waals surface area contributed by atoms with Gasteiger partial charge in [0.25, 0.3) is 0 Å². The topological polar surface area (TPSA) is 56.6 Å². The van der Waals surface area contributed by atoms with E-state index in [1.807, 2.05) is 77.4 Å². The third-order valence-corrected chi connectivity index (χ3v) is 6.30. The Bertz CT molecular complexity index is 1110. The Balaban J connectivity index is 1.68. The maximum Gasteiger partial charge on any atom is 0.246 e. The lowest BCUT2D eigenvalue weighted by molar-refractivity contribution is -0.127. The molecule has 0 unspecified atom stereocenters. The zero-order valence-electron chi connectivity index (χ0n) is 19.5. The Morgan fingerprint density at radius 1 is 1.03 bits per heavy atom. The molecule has 0 spiro atoms. The molecule has 0 saturated heterocycles. The van der Waals surface area contributed by atoms with Gasteiger partial charge >= 0.3 is 0 Å². The number of carbonyl (C=O) groups excluding carboxylic acids is 1. The maximum atomic E-state index is 12.9. The van der Waals surface area contributed by atoms with Crippen LogP contribution in [-0.4, -0.2) is 47.9 Å². The van der Waals surface area contributed by atoms with E-state index in [4.69, 9.17) is 14.6 Å². The molecule has 1 fully saturated rings. The predicted octanol–water partition coefficient (Wildman–Crippen LogP) is 5.36. The summed E-state index contributed by atoms with van der Waals surface area (Å²) in [5.41, 5.74) is 3.46. The molecule has 1 saturated carbocycles. The molecule has 1 amide bonds. The van der Waals surface area contributed by atoms with E-state index in [-0.39, 0.29) is 5.91 Å². The number of para-hydroxylation sites is 1. The predicted molar refractivity (Wildman–Crippen MR) is 131 cm³/mol. The molecule has 33 heavy (non-hydrogen) atoms. The summed E-state index contributed by atoms with van der Waals surface area (Å²) in [4.78, 5) is 14.8. The van der Waals surface area contributed by atoms with Gasteiger partial charge in [0, 0.05) is 36.5 Å². The minimum Gasteiger partial charge on any atom is -0.493 e. The molecular formula is C27H31N3O3. The number of benzene rings is 2. The summed E-state index contributed by atoms with van der Waals surface area (Å²) in [6, 6.07) is 16.0. The molecule has 0 radical (unpaired) electrons. The maximum absolute atomic E-state index is 12.9. The van der Waals surface area contributed by atoms with Crippen molar-refractivity contribution in [2.45, 2.75) is 38.1 Å². The van der Waals surface area contributed by atoms with E-state index in [2.05, 4.69) is 0 Å². The van der Waals surface area contributed by atoms with Gasteiger partial charge in [0.2, 0.25) is 5.91 Å². The monoisotopic (exact) mass is 445 g/mol. The van der Waals surface area contributed by atoms with Crippen molar-refractivity contribution in [2.75, 3.05) is 21.3 Å². The normalized spacial score (nSPS) is 14.4. The highest BCUT2D eigenvalue weighted by molar-refractivity contribution is 5.93. The lowest BCUT2D eigenvalue weighted by atomic mass is 9.94. The fraction of sp³-hybridized carbons (Fsp3) is 0.333. The molecule has 6 nitrogen and oxygen atoms in total. The molecule has 4 rings (SSSR count). The average molecular weight is 446 g/mol. The summed E-state index contributed by atoms with van der Waals surface area (Å²) < 4.78 is 12.7. The number of ether oxygens (including phenoxy) is 2. The highest BCUT2D eigenvalue weighted by Gasteiger charge is 2.21. The van der Waals surface area contributed by atoms with E-state index in [0.29, 0.717) is 17.5 Å². The summed E-state index contributed by atoms with van der Waals surface area (Å²) in [6.45, 7) is 0. The SMILES string of the molecule is COc1ccc(-c2nn(-c3ccccc3)cc2C=CC(=O)N(C)C2CCCCC2)cc1OC. The van der Waals surface area contributed by atoms with E-state index < -0.39 is 0 Å². The number of methoxy groups -OCH3 is 2. The van der Waals surface area contributed by atoms with Crippen molar-refractivity contribution in [3.63, 3.8) is 0 Å². The fourth-order valence-corrected chi connectivity index (χ4v) is 4.36. The van der Waals surface area contributed by atoms with E-state index in [1.54, 1.807) is 20.3 Å². The van der Waals surface area contributed by atoms with Crippen LogP contribution in [0, 0.1) is 0 Å². The quantitative estimate of drug-likeness (QED) is 0.460. The molecule has 1 heterocycles. The number of hydrogen-bond acceptors (Lipinski definition) is 4. The third kappa shape index (κ3) is 5.11. The van der Waals surface area contributed by atoms with Crippen LogP contribution in [0.25, 0.3) is 23.0 Å². The van der Waals surface area contributed by atoms with Gasteiger partial charge in [-0.15, -0.1) is 0 Å². The second kappa shape index (κ2) is 10.4. The molecule has 0 N–H and O–H groups in total. The van der Waals surface area contributed by atoms with Crippen LogP contribution in [0.1, 0.15) is 37.7 Å². The van der Waals surface area contributed by atoms with E-state index in [9.17, 15) is 4.79 Å². The summed E-state index contributed by atoms with van der Waals surface area (Å²) in [7, 11) is 5.14. The van der Waals surface area contributed by atoms with Gasteiger partial charge in [-0.3, -0.25) is 4.79 Å². The molecule has 172 valence electrons. The van der Waals surface area contributed by atoms with Gasteiger partial charge in [0.15, 0.2) is 11.5 Å². The molecule has 0 aliphatic heterocycles. The first kappa shape index (κ1) is 22.6. The highest BCUT2D eigenvalue weighted by Crippen LogP contribution is 2.34. The number of aromatic nitrogens is 2. The van der Waals surface area contributed by atoms with Gasteiger partial charge in [-0.1, -0.05) is 37.5 Å². The molecular weight excluding hydrogens is 414 g/mol. The molecule has 3 aromatic rings. The van der Waals surface area contributed by atoms with Gasteiger partial charge in [-0.2, -0.15) is 5.10 Å². The molecule has 6 heteroatoms. The third-order valence-electron chi connectivity index (χ3n) is 6.30. The van der Waals surface area contributed by atoms with Gasteiger partial charge in [-0.05, 0) is 49.2 Å². The van der Waals surface area contributed by atoms with Crippen LogP contribution in [0.2, 0.25) is 0 Å². The minimum absolute atomic E-state index is 0.0209. The van der Waals surface area contributed by atoms with Gasteiger partial charge < -0.3 is 14.4 Å². The van der Waals surface area contributed by atoms with Crippen molar-refractivity contribution in [1.82, 2.24) is 14.7 Å². The Labute approximate surface area is 195 Å². The number of nitrogens with zero attached hydrogens (tertiary/aromatic N) is 3. The van der Waals surface area contributed by atoms with Gasteiger partial charge in [0.1, 0.15) is 5.69 Å². The summed E-state index contributed by atoms with van der Waals surface area (Å²) in [5.74, 6) is 1.31. The Hall–Kier alpha value is -3.54. The van der Waals surface area contributed by atoms with Crippen LogP contribution in [-0.2, 0) is 4.79 Å². The van der Waals surface area contributed by atoms with Crippen LogP contribution in [0.4, 0.5) is 0 Å². The molecule has 0 bridgehead atoms. The first-order valence-electron chi connectivity index (χ1n) is 11.4. The molecule has 1 aliphatic rings. The van der Waals surface area contributed by atoms with Gasteiger partial charge in [-0.25, -0.2) is 4.68 Å². The summed E-state index contributed by atoms with van der Waals surface area (Å²) >= 11 is 0. The molecule has 1 aromatic heterocycles. The van der Waals surface area contributed by atoms with Crippen LogP contribution in [0.5, 0.6) is 11.5 Å². The van der Waals surface area contributed by atoms with Crippen molar-refractivity contribution in [1.29, 1.82) is 0 Å². The number of hydrogen-bond donors (Lipinski definition) is 0. The number of likely N-dealkylation sites (N-methyl/N-ethyl adjacent to an activating group) is 1. The van der Waals surface area contributed by atoms with Crippen LogP contribution in [0.15, 0.2) is 60.8 Å². The second-order valence-corrected chi connectivity index (χ2v) is 8.36. The molecule has 2 aromatic carbocycles. The lowest BCUT2D eigenvalue weighted by Crippen LogP contribution is -2.37. The summed E-state index contributed by atoms with van der Waals surface area (Å²) in [6.07, 6.45) is 11.3. The second-order valence-electron chi connectivity index (χ2n) is 8.36. The minimum atomic E-state index is 0.0209. The van der Waals surface area contributed by atoms with Gasteiger partial charge in [0.05, 0.1) is 19.9 Å². The van der Waals surface area contributed by atoms with E-state index >= 15 is 0 Å². The Morgan fingerprint density at radius 2 is 1.76 bits per heavy atom. The Kier molecular flexibility index (Phi) is 7.13. The van der Waals surface area contributed by atoms with Crippen LogP contribution >= 0.6 is 0 Å². The van der Waals surface area contributed by atoms with Crippen molar-refractivity contribution in [3.8, 4) is 28.4 Å². The van der Waals surface area contributed by atoms with Crippen LogP contribution in [0.3, 0.4) is 0 Å². The summed E-state index contributed by atoms with van der Waals surface area (Å²) in [5, 5.41) is 4.84. The fourth-order valence-electron chi connectivity index (χ4n) is 4.36. The van der Waals surface area contributed by atoms with E-state index in [0.717, 1.165) is 35.3 Å². The standard InChI is InChI=1S/C27H31N3O3/c1-29(22-10-6-4-7-11-22)26(31)17-15-21-19-30(23-12-8-5-9-13-23)28-27(21)20-14-16-24(32-2)25(18-20)33-3/h5,8-9,12-19,22H,4,6-7,10-11H2,1-3H3. The highest BCUT2D eigenvalue weighted by atomic mass is 16.5. The largest absolute Gasteiger partial charge is 0.493 e. The smallest absolute Gasteiger partial charge is 0.246 e.